The van der Waals surface area contributed by atoms with Crippen molar-refractivity contribution in [1.29, 1.82) is 0 Å². The Bertz CT molecular complexity index is 1740. The first-order valence-electron chi connectivity index (χ1n) is 12.1. The van der Waals surface area contributed by atoms with Gasteiger partial charge in [-0.05, 0) is 31.0 Å². The molecule has 0 aliphatic carbocycles. The summed E-state index contributed by atoms with van der Waals surface area (Å²) in [5, 5.41) is 0. The number of rotatable bonds is 6. The Hall–Kier alpha value is -4.08. The molecule has 0 spiro atoms. The Morgan fingerprint density at radius 2 is 1.65 bits per heavy atom. The Morgan fingerprint density at radius 3 is 2.32 bits per heavy atom. The standard InChI is InChI=1S/C27H26F3N5O2/c1-4-5-7-15-20-21(17-11-8-6-9-12-17)34(19-14-10-13-18(16-19)27(28,29)30)25-31-23-22(35(20)25)24(36)33(3)26(37)32(23)2/h6,8-14,16H,4-5,7,15H2,1-3H3. The van der Waals surface area contributed by atoms with E-state index in [-0.39, 0.29) is 22.6 Å². The summed E-state index contributed by atoms with van der Waals surface area (Å²) in [5.41, 5.74) is 1.03. The number of aryl methyl sites for hydroxylation is 2. The average molecular weight is 510 g/mol. The molecule has 0 bridgehead atoms. The summed E-state index contributed by atoms with van der Waals surface area (Å²) < 4.78 is 46.7. The van der Waals surface area contributed by atoms with Gasteiger partial charge in [-0.1, -0.05) is 56.2 Å². The summed E-state index contributed by atoms with van der Waals surface area (Å²) in [5.74, 6) is 0.276. The first-order valence-corrected chi connectivity index (χ1v) is 12.1. The maximum atomic E-state index is 13.7. The normalized spacial score (nSPS) is 12.2. The number of hydrogen-bond acceptors (Lipinski definition) is 3. The highest BCUT2D eigenvalue weighted by Crippen LogP contribution is 2.36. The van der Waals surface area contributed by atoms with Gasteiger partial charge in [-0.3, -0.25) is 22.9 Å². The Labute approximate surface area is 210 Å². The van der Waals surface area contributed by atoms with E-state index in [0.29, 0.717) is 12.1 Å². The molecule has 0 aliphatic rings. The van der Waals surface area contributed by atoms with Gasteiger partial charge in [0, 0.05) is 25.3 Å². The zero-order valence-electron chi connectivity index (χ0n) is 20.7. The van der Waals surface area contributed by atoms with Crippen LogP contribution >= 0.6 is 0 Å². The second-order valence-corrected chi connectivity index (χ2v) is 9.13. The molecule has 10 heteroatoms. The summed E-state index contributed by atoms with van der Waals surface area (Å²) >= 11 is 0. The lowest BCUT2D eigenvalue weighted by molar-refractivity contribution is -0.137. The quantitative estimate of drug-likeness (QED) is 0.300. The molecule has 5 aromatic rings. The molecular weight excluding hydrogens is 483 g/mol. The maximum absolute atomic E-state index is 13.7. The second kappa shape index (κ2) is 9.10. The summed E-state index contributed by atoms with van der Waals surface area (Å²) in [6.45, 7) is 2.08. The van der Waals surface area contributed by atoms with E-state index < -0.39 is 23.0 Å². The molecule has 5 rings (SSSR count). The molecule has 0 amide bonds. The van der Waals surface area contributed by atoms with E-state index in [1.54, 1.807) is 15.0 Å². The van der Waals surface area contributed by atoms with Crippen molar-refractivity contribution in [3.63, 3.8) is 0 Å². The fourth-order valence-electron chi connectivity index (χ4n) is 4.86. The molecule has 0 aliphatic heterocycles. The fraction of sp³-hybridized carbons (Fsp3) is 0.296. The molecule has 0 saturated carbocycles. The molecule has 0 unspecified atom stereocenters. The molecule has 37 heavy (non-hydrogen) atoms. The lowest BCUT2D eigenvalue weighted by Crippen LogP contribution is -2.37. The van der Waals surface area contributed by atoms with Crippen LogP contribution in [0, 0.1) is 0 Å². The first-order chi connectivity index (χ1) is 17.6. The third-order valence-electron chi connectivity index (χ3n) is 6.70. The second-order valence-electron chi connectivity index (χ2n) is 9.13. The van der Waals surface area contributed by atoms with Crippen LogP contribution in [0.1, 0.15) is 37.4 Å². The molecular formula is C27H26F3N5O2. The van der Waals surface area contributed by atoms with Gasteiger partial charge in [-0.2, -0.15) is 18.2 Å². The average Bonchev–Trinajstić information content (AvgIpc) is 3.42. The van der Waals surface area contributed by atoms with Crippen LogP contribution in [0.15, 0.2) is 64.2 Å². The molecule has 0 N–H and O–H groups in total. The lowest BCUT2D eigenvalue weighted by atomic mass is 10.0. The van der Waals surface area contributed by atoms with Crippen LogP contribution in [0.5, 0.6) is 0 Å². The number of unbranched alkanes of at least 4 members (excludes halogenated alkanes) is 2. The van der Waals surface area contributed by atoms with Gasteiger partial charge >= 0.3 is 11.9 Å². The van der Waals surface area contributed by atoms with Crippen molar-refractivity contribution in [2.24, 2.45) is 14.1 Å². The number of alkyl halides is 3. The summed E-state index contributed by atoms with van der Waals surface area (Å²) in [6, 6.07) is 14.4. The number of hydrogen-bond donors (Lipinski definition) is 0. The highest BCUT2D eigenvalue weighted by Gasteiger charge is 2.32. The zero-order valence-corrected chi connectivity index (χ0v) is 20.7. The van der Waals surface area contributed by atoms with E-state index in [2.05, 4.69) is 11.9 Å². The van der Waals surface area contributed by atoms with Crippen molar-refractivity contribution in [1.82, 2.24) is 23.1 Å². The molecule has 7 nitrogen and oxygen atoms in total. The van der Waals surface area contributed by atoms with Gasteiger partial charge in [0.25, 0.3) is 5.56 Å². The first kappa shape index (κ1) is 24.6. The van der Waals surface area contributed by atoms with E-state index >= 15 is 0 Å². The molecule has 0 fully saturated rings. The molecule has 0 saturated heterocycles. The number of halogens is 3. The van der Waals surface area contributed by atoms with Crippen molar-refractivity contribution in [2.45, 2.75) is 38.8 Å². The molecule has 192 valence electrons. The van der Waals surface area contributed by atoms with Gasteiger partial charge in [0.2, 0.25) is 5.78 Å². The molecule has 3 aromatic heterocycles. The lowest BCUT2D eigenvalue weighted by Gasteiger charge is -2.14. The number of benzene rings is 2. The van der Waals surface area contributed by atoms with Gasteiger partial charge in [-0.25, -0.2) is 4.79 Å². The van der Waals surface area contributed by atoms with Crippen LogP contribution in [0.3, 0.4) is 0 Å². The number of aromatic nitrogens is 5. The van der Waals surface area contributed by atoms with E-state index in [0.717, 1.165) is 47.2 Å². The van der Waals surface area contributed by atoms with Crippen LogP contribution in [0.4, 0.5) is 13.2 Å². The van der Waals surface area contributed by atoms with Gasteiger partial charge < -0.3 is 0 Å². The molecule has 2 aromatic carbocycles. The summed E-state index contributed by atoms with van der Waals surface area (Å²) in [4.78, 5) is 30.7. The monoisotopic (exact) mass is 509 g/mol. The Balaban J connectivity index is 1.99. The SMILES string of the molecule is CCCCCc1c(-c2ccccc2)n(-c2cccc(C(F)(F)F)c2)c2nc3c(c(=O)n(C)c(=O)n3C)n12. The molecule has 0 radical (unpaired) electrons. The van der Waals surface area contributed by atoms with E-state index in [1.165, 1.54) is 24.7 Å². The van der Waals surface area contributed by atoms with Crippen LogP contribution < -0.4 is 11.2 Å². The van der Waals surface area contributed by atoms with Crippen LogP contribution in [0.25, 0.3) is 33.9 Å². The Kier molecular flexibility index (Phi) is 6.05. The predicted octanol–water partition coefficient (Wildman–Crippen LogP) is 5.09. The van der Waals surface area contributed by atoms with Crippen molar-refractivity contribution in [3.8, 4) is 16.9 Å². The maximum Gasteiger partial charge on any atom is 0.416 e. The van der Waals surface area contributed by atoms with E-state index in [1.807, 2.05) is 30.3 Å². The smallest absolute Gasteiger partial charge is 0.279 e. The van der Waals surface area contributed by atoms with Crippen molar-refractivity contribution in [2.75, 3.05) is 0 Å². The van der Waals surface area contributed by atoms with Crippen LogP contribution in [-0.2, 0) is 26.7 Å². The van der Waals surface area contributed by atoms with Gasteiger partial charge in [-0.15, -0.1) is 0 Å². The third kappa shape index (κ3) is 3.96. The minimum absolute atomic E-state index is 0.181. The fourth-order valence-corrected chi connectivity index (χ4v) is 4.86. The topological polar surface area (TPSA) is 66.2 Å². The van der Waals surface area contributed by atoms with Gasteiger partial charge in [0.15, 0.2) is 11.2 Å². The molecule has 3 heterocycles. The van der Waals surface area contributed by atoms with Crippen molar-refractivity contribution < 1.29 is 13.2 Å². The third-order valence-corrected chi connectivity index (χ3v) is 6.70. The zero-order chi connectivity index (χ0) is 26.5. The highest BCUT2D eigenvalue weighted by molar-refractivity contribution is 5.81. The predicted molar refractivity (Wildman–Crippen MR) is 136 cm³/mol. The van der Waals surface area contributed by atoms with Crippen LogP contribution in [0.2, 0.25) is 0 Å². The molecule has 0 atom stereocenters. The van der Waals surface area contributed by atoms with Gasteiger partial charge in [0.05, 0.1) is 17.0 Å². The highest BCUT2D eigenvalue weighted by atomic mass is 19.4. The van der Waals surface area contributed by atoms with Crippen LogP contribution in [-0.4, -0.2) is 23.1 Å². The Morgan fingerprint density at radius 1 is 0.919 bits per heavy atom. The number of fused-ring (bicyclic) bond motifs is 3. The summed E-state index contributed by atoms with van der Waals surface area (Å²) in [7, 11) is 2.93. The number of imidazole rings is 2. The minimum Gasteiger partial charge on any atom is -0.279 e. The minimum atomic E-state index is -4.53. The largest absolute Gasteiger partial charge is 0.416 e. The van der Waals surface area contributed by atoms with Crippen molar-refractivity contribution >= 4 is 16.9 Å². The number of nitrogens with zero attached hydrogens (tertiary/aromatic N) is 5. The summed E-state index contributed by atoms with van der Waals surface area (Å²) in [6.07, 6.45) is -1.25. The van der Waals surface area contributed by atoms with Gasteiger partial charge in [0.1, 0.15) is 0 Å². The van der Waals surface area contributed by atoms with Crippen molar-refractivity contribution in [3.05, 3.63) is 86.7 Å². The van der Waals surface area contributed by atoms with E-state index in [4.69, 9.17) is 0 Å². The van der Waals surface area contributed by atoms with E-state index in [9.17, 15) is 22.8 Å².